The third-order valence-electron chi connectivity index (χ3n) is 3.65. The number of hydrogen-bond donors (Lipinski definition) is 1. The highest BCUT2D eigenvalue weighted by atomic mass is 32.1. The van der Waals surface area contributed by atoms with Crippen molar-refractivity contribution in [2.75, 3.05) is 13.7 Å². The first-order valence-electron chi connectivity index (χ1n) is 7.57. The van der Waals surface area contributed by atoms with Crippen LogP contribution in [-0.2, 0) is 17.8 Å². The van der Waals surface area contributed by atoms with Crippen LogP contribution in [0.1, 0.15) is 20.9 Å². The molecule has 24 heavy (non-hydrogen) atoms. The Hall–Kier alpha value is -2.31. The first-order chi connectivity index (χ1) is 11.7. The molecule has 6 heteroatoms. The molecule has 3 aromatic rings. The average molecular weight is 344 g/mol. The normalized spacial score (nSPS) is 10.9. The number of aromatic nitrogens is 1. The van der Waals surface area contributed by atoms with Crippen LogP contribution in [0.15, 0.2) is 42.6 Å². The van der Waals surface area contributed by atoms with E-state index < -0.39 is 0 Å². The van der Waals surface area contributed by atoms with Gasteiger partial charge in [0.25, 0.3) is 5.91 Å². The summed E-state index contributed by atoms with van der Waals surface area (Å²) >= 11 is 1.28. The van der Waals surface area contributed by atoms with E-state index in [0.717, 1.165) is 10.4 Å². The van der Waals surface area contributed by atoms with Crippen molar-refractivity contribution in [2.24, 2.45) is 0 Å². The van der Waals surface area contributed by atoms with Gasteiger partial charge in [0.1, 0.15) is 5.82 Å². The maximum atomic E-state index is 14.1. The molecule has 0 aliphatic carbocycles. The van der Waals surface area contributed by atoms with Crippen LogP contribution >= 0.6 is 11.3 Å². The number of nitrogens with zero attached hydrogens (tertiary/aromatic N) is 1. The fourth-order valence-electron chi connectivity index (χ4n) is 2.56. The lowest BCUT2D eigenvalue weighted by molar-refractivity contribution is 0.0954. The minimum absolute atomic E-state index is 0.198. The molecular weight excluding hydrogens is 327 g/mol. The summed E-state index contributed by atoms with van der Waals surface area (Å²) in [6, 6.07) is 10.5. The van der Waals surface area contributed by atoms with Crippen molar-refractivity contribution in [2.45, 2.75) is 13.0 Å². The van der Waals surface area contributed by atoms with Crippen LogP contribution in [0.2, 0.25) is 0 Å². The minimum Gasteiger partial charge on any atom is -0.380 e. The molecule has 0 saturated heterocycles. The maximum absolute atomic E-state index is 14.1. The number of carbonyl (C=O) groups excluding carboxylic acids is 1. The van der Waals surface area contributed by atoms with Crippen LogP contribution < -0.4 is 5.32 Å². The number of methoxy groups -OCH3 is 1. The molecule has 3 rings (SSSR count). The molecule has 0 aliphatic heterocycles. The van der Waals surface area contributed by atoms with Crippen LogP contribution in [-0.4, -0.2) is 24.5 Å². The van der Waals surface area contributed by atoms with Crippen LogP contribution in [0.4, 0.5) is 4.39 Å². The summed E-state index contributed by atoms with van der Waals surface area (Å²) in [6.07, 6.45) is 2.37. The summed E-state index contributed by atoms with van der Waals surface area (Å²) in [5.41, 5.74) is 1.52. The molecule has 0 saturated carbocycles. The SMILES string of the molecule is COCc1c(C(=O)NCCc2ccccn2)sc2cccc(F)c12. The molecule has 1 amide bonds. The smallest absolute Gasteiger partial charge is 0.261 e. The number of nitrogens with one attached hydrogen (secondary N) is 1. The predicted molar refractivity (Wildman–Crippen MR) is 92.8 cm³/mol. The number of amides is 1. The van der Waals surface area contributed by atoms with E-state index >= 15 is 0 Å². The number of rotatable bonds is 6. The van der Waals surface area contributed by atoms with Gasteiger partial charge in [-0.25, -0.2) is 4.39 Å². The van der Waals surface area contributed by atoms with Crippen molar-refractivity contribution in [1.29, 1.82) is 0 Å². The van der Waals surface area contributed by atoms with Crippen molar-refractivity contribution in [3.8, 4) is 0 Å². The van der Waals surface area contributed by atoms with Crippen LogP contribution in [0.3, 0.4) is 0 Å². The summed E-state index contributed by atoms with van der Waals surface area (Å²) in [5.74, 6) is -0.540. The third-order valence-corrected chi connectivity index (χ3v) is 4.85. The van der Waals surface area contributed by atoms with Gasteiger partial charge < -0.3 is 10.1 Å². The molecule has 0 unspecified atom stereocenters. The lowest BCUT2D eigenvalue weighted by Gasteiger charge is -2.06. The Balaban J connectivity index is 1.79. The molecular formula is C18H17FN2O2S. The van der Waals surface area contributed by atoms with E-state index in [9.17, 15) is 9.18 Å². The van der Waals surface area contributed by atoms with Crippen molar-refractivity contribution < 1.29 is 13.9 Å². The average Bonchev–Trinajstić information content (AvgIpc) is 2.96. The van der Waals surface area contributed by atoms with Gasteiger partial charge in [-0.1, -0.05) is 12.1 Å². The maximum Gasteiger partial charge on any atom is 0.261 e. The quantitative estimate of drug-likeness (QED) is 0.744. The summed E-state index contributed by atoms with van der Waals surface area (Å²) in [4.78, 5) is 17.2. The Labute approximate surface area is 143 Å². The summed E-state index contributed by atoms with van der Waals surface area (Å²) < 4.78 is 20.0. The van der Waals surface area contributed by atoms with Gasteiger partial charge in [0.2, 0.25) is 0 Å². The lowest BCUT2D eigenvalue weighted by Crippen LogP contribution is -2.26. The molecule has 2 heterocycles. The van der Waals surface area contributed by atoms with E-state index in [2.05, 4.69) is 10.3 Å². The second-order valence-corrected chi connectivity index (χ2v) is 6.33. The van der Waals surface area contributed by atoms with Gasteiger partial charge in [-0.3, -0.25) is 9.78 Å². The molecule has 2 aromatic heterocycles. The van der Waals surface area contributed by atoms with E-state index in [0.29, 0.717) is 28.8 Å². The predicted octanol–water partition coefficient (Wildman–Crippen LogP) is 3.55. The zero-order valence-electron chi connectivity index (χ0n) is 13.2. The number of fused-ring (bicyclic) bond motifs is 1. The zero-order chi connectivity index (χ0) is 16.9. The lowest BCUT2D eigenvalue weighted by atomic mass is 10.1. The van der Waals surface area contributed by atoms with E-state index in [4.69, 9.17) is 4.74 Å². The molecule has 0 spiro atoms. The Morgan fingerprint density at radius 1 is 1.29 bits per heavy atom. The van der Waals surface area contributed by atoms with Crippen molar-refractivity contribution >= 4 is 27.3 Å². The van der Waals surface area contributed by atoms with Crippen LogP contribution in [0.5, 0.6) is 0 Å². The van der Waals surface area contributed by atoms with Crippen molar-refractivity contribution in [3.63, 3.8) is 0 Å². The molecule has 0 aliphatic rings. The van der Waals surface area contributed by atoms with Gasteiger partial charge in [0, 0.05) is 47.6 Å². The van der Waals surface area contributed by atoms with Gasteiger partial charge >= 0.3 is 0 Å². The zero-order valence-corrected chi connectivity index (χ0v) is 14.0. The van der Waals surface area contributed by atoms with Crippen molar-refractivity contribution in [1.82, 2.24) is 10.3 Å². The molecule has 0 fully saturated rings. The third kappa shape index (κ3) is 3.44. The fraction of sp³-hybridized carbons (Fsp3) is 0.222. The number of benzene rings is 1. The van der Waals surface area contributed by atoms with E-state index in [-0.39, 0.29) is 18.3 Å². The van der Waals surface area contributed by atoms with E-state index in [1.54, 1.807) is 12.3 Å². The molecule has 1 N–H and O–H groups in total. The standard InChI is InChI=1S/C18H17FN2O2S/c1-23-11-13-16-14(19)6-4-7-15(16)24-17(13)18(22)21-10-8-12-5-2-3-9-20-12/h2-7,9H,8,10-11H2,1H3,(H,21,22). The van der Waals surface area contributed by atoms with Crippen LogP contribution in [0.25, 0.3) is 10.1 Å². The monoisotopic (exact) mass is 344 g/mol. The van der Waals surface area contributed by atoms with Crippen LogP contribution in [0, 0.1) is 5.82 Å². The highest BCUT2D eigenvalue weighted by molar-refractivity contribution is 7.21. The summed E-state index contributed by atoms with van der Waals surface area (Å²) in [5, 5.41) is 3.35. The summed E-state index contributed by atoms with van der Waals surface area (Å²) in [7, 11) is 1.53. The fourth-order valence-corrected chi connectivity index (χ4v) is 3.70. The number of hydrogen-bond acceptors (Lipinski definition) is 4. The Kier molecular flexibility index (Phi) is 5.17. The second-order valence-electron chi connectivity index (χ2n) is 5.28. The number of ether oxygens (including phenoxy) is 1. The molecule has 1 aromatic carbocycles. The Morgan fingerprint density at radius 3 is 2.92 bits per heavy atom. The molecule has 4 nitrogen and oxygen atoms in total. The highest BCUT2D eigenvalue weighted by Gasteiger charge is 2.20. The molecule has 124 valence electrons. The largest absolute Gasteiger partial charge is 0.380 e. The Bertz CT molecular complexity index is 849. The molecule has 0 radical (unpaired) electrons. The van der Waals surface area contributed by atoms with Gasteiger partial charge in [0.15, 0.2) is 0 Å². The molecule has 0 atom stereocenters. The first-order valence-corrected chi connectivity index (χ1v) is 8.39. The first kappa shape index (κ1) is 16.5. The number of carbonyl (C=O) groups is 1. The number of pyridine rings is 1. The van der Waals surface area contributed by atoms with Gasteiger partial charge in [-0.15, -0.1) is 11.3 Å². The van der Waals surface area contributed by atoms with Gasteiger partial charge in [0.05, 0.1) is 11.5 Å². The topological polar surface area (TPSA) is 51.2 Å². The summed E-state index contributed by atoms with van der Waals surface area (Å²) in [6.45, 7) is 0.670. The number of thiophene rings is 1. The number of halogens is 1. The second kappa shape index (κ2) is 7.51. The van der Waals surface area contributed by atoms with E-state index in [1.165, 1.54) is 24.5 Å². The van der Waals surface area contributed by atoms with Gasteiger partial charge in [-0.2, -0.15) is 0 Å². The van der Waals surface area contributed by atoms with Gasteiger partial charge in [-0.05, 0) is 24.3 Å². The molecule has 0 bridgehead atoms. The van der Waals surface area contributed by atoms with E-state index in [1.807, 2.05) is 24.3 Å². The van der Waals surface area contributed by atoms with Crippen molar-refractivity contribution in [3.05, 3.63) is 64.5 Å². The Morgan fingerprint density at radius 2 is 2.17 bits per heavy atom. The minimum atomic E-state index is -0.330. The highest BCUT2D eigenvalue weighted by Crippen LogP contribution is 2.33.